The van der Waals surface area contributed by atoms with Crippen LogP contribution in [0.5, 0.6) is 0 Å². The van der Waals surface area contributed by atoms with Crippen LogP contribution in [0.3, 0.4) is 0 Å². The molecule has 1 aromatic heterocycles. The lowest BCUT2D eigenvalue weighted by molar-refractivity contribution is -0.121. The zero-order valence-corrected chi connectivity index (χ0v) is 13.4. The van der Waals surface area contributed by atoms with Gasteiger partial charge in [0.2, 0.25) is 5.91 Å². The van der Waals surface area contributed by atoms with Gasteiger partial charge >= 0.3 is 6.09 Å². The smallest absolute Gasteiger partial charge is 0.416 e. The summed E-state index contributed by atoms with van der Waals surface area (Å²) in [6, 6.07) is 1.76. The van der Waals surface area contributed by atoms with Crippen molar-refractivity contribution in [3.8, 4) is 0 Å². The van der Waals surface area contributed by atoms with E-state index in [1.807, 2.05) is 0 Å². The Morgan fingerprint density at radius 1 is 1.43 bits per heavy atom. The SMILES string of the molecule is Cn1nccc1N1CC(CNC(=O)CCN2CCCC2)OC1=O. The molecule has 126 valence electrons. The second kappa shape index (κ2) is 6.99. The highest BCUT2D eigenvalue weighted by Crippen LogP contribution is 2.20. The van der Waals surface area contributed by atoms with Gasteiger partial charge in [0.05, 0.1) is 19.3 Å². The highest BCUT2D eigenvalue weighted by atomic mass is 16.6. The first-order valence-corrected chi connectivity index (χ1v) is 8.08. The average molecular weight is 321 g/mol. The summed E-state index contributed by atoms with van der Waals surface area (Å²) in [7, 11) is 1.77. The molecule has 8 heteroatoms. The number of hydrogen-bond acceptors (Lipinski definition) is 5. The number of carbonyl (C=O) groups is 2. The number of nitrogens with zero attached hydrogens (tertiary/aromatic N) is 4. The third-order valence-corrected chi connectivity index (χ3v) is 4.33. The van der Waals surface area contributed by atoms with Crippen molar-refractivity contribution in [1.29, 1.82) is 0 Å². The topological polar surface area (TPSA) is 79.7 Å². The van der Waals surface area contributed by atoms with Crippen LogP contribution >= 0.6 is 0 Å². The average Bonchev–Trinajstić information content (AvgIpc) is 3.24. The second-order valence-electron chi connectivity index (χ2n) is 6.03. The molecule has 1 unspecified atom stereocenters. The molecule has 3 heterocycles. The summed E-state index contributed by atoms with van der Waals surface area (Å²) in [6.45, 7) is 3.75. The lowest BCUT2D eigenvalue weighted by Crippen LogP contribution is -2.36. The zero-order chi connectivity index (χ0) is 16.2. The van der Waals surface area contributed by atoms with E-state index in [2.05, 4.69) is 15.3 Å². The van der Waals surface area contributed by atoms with Gasteiger partial charge in [-0.2, -0.15) is 5.10 Å². The Bertz CT molecular complexity index is 567. The molecule has 23 heavy (non-hydrogen) atoms. The van der Waals surface area contributed by atoms with E-state index < -0.39 is 6.09 Å². The normalized spacial score (nSPS) is 21.7. The molecular weight excluding hydrogens is 298 g/mol. The van der Waals surface area contributed by atoms with Crippen molar-refractivity contribution in [2.24, 2.45) is 7.05 Å². The summed E-state index contributed by atoms with van der Waals surface area (Å²) < 4.78 is 6.93. The fourth-order valence-electron chi connectivity index (χ4n) is 3.03. The fraction of sp³-hybridized carbons (Fsp3) is 0.667. The van der Waals surface area contributed by atoms with Crippen LogP contribution < -0.4 is 10.2 Å². The van der Waals surface area contributed by atoms with E-state index >= 15 is 0 Å². The van der Waals surface area contributed by atoms with E-state index in [-0.39, 0.29) is 12.0 Å². The monoisotopic (exact) mass is 321 g/mol. The van der Waals surface area contributed by atoms with Crippen molar-refractivity contribution < 1.29 is 14.3 Å². The first-order chi connectivity index (χ1) is 11.1. The van der Waals surface area contributed by atoms with E-state index in [0.717, 1.165) is 19.6 Å². The number of cyclic esters (lactones) is 1. The molecule has 2 saturated heterocycles. The van der Waals surface area contributed by atoms with Crippen LogP contribution in [0.4, 0.5) is 10.6 Å². The summed E-state index contributed by atoms with van der Waals surface area (Å²) in [5.41, 5.74) is 0. The van der Waals surface area contributed by atoms with Gasteiger partial charge in [-0.3, -0.25) is 14.4 Å². The Morgan fingerprint density at radius 2 is 2.22 bits per heavy atom. The number of likely N-dealkylation sites (tertiary alicyclic amines) is 1. The molecule has 8 nitrogen and oxygen atoms in total. The number of ether oxygens (including phenoxy) is 1. The molecule has 1 N–H and O–H groups in total. The Kier molecular flexibility index (Phi) is 4.80. The van der Waals surface area contributed by atoms with Gasteiger partial charge < -0.3 is 15.0 Å². The molecule has 1 atom stereocenters. The predicted octanol–water partition coefficient (Wildman–Crippen LogP) is 0.347. The van der Waals surface area contributed by atoms with Gasteiger partial charge in [-0.15, -0.1) is 0 Å². The lowest BCUT2D eigenvalue weighted by Gasteiger charge is -2.15. The predicted molar refractivity (Wildman–Crippen MR) is 84.1 cm³/mol. The number of carbonyl (C=O) groups excluding carboxylic acids is 2. The molecule has 1 aromatic rings. The lowest BCUT2D eigenvalue weighted by atomic mass is 10.3. The van der Waals surface area contributed by atoms with Crippen molar-refractivity contribution in [2.45, 2.75) is 25.4 Å². The van der Waals surface area contributed by atoms with Gasteiger partial charge in [0.25, 0.3) is 0 Å². The highest BCUT2D eigenvalue weighted by molar-refractivity contribution is 5.88. The Hall–Kier alpha value is -2.09. The van der Waals surface area contributed by atoms with Crippen molar-refractivity contribution in [1.82, 2.24) is 20.0 Å². The van der Waals surface area contributed by atoms with Crippen LogP contribution in [0, 0.1) is 0 Å². The number of aryl methyl sites for hydroxylation is 1. The first kappa shape index (κ1) is 15.8. The Labute approximate surface area is 135 Å². The molecule has 0 aromatic carbocycles. The summed E-state index contributed by atoms with van der Waals surface area (Å²) >= 11 is 0. The zero-order valence-electron chi connectivity index (χ0n) is 13.4. The number of nitrogens with one attached hydrogen (secondary N) is 1. The number of amides is 2. The molecule has 0 saturated carbocycles. The molecule has 2 aliphatic heterocycles. The van der Waals surface area contributed by atoms with Crippen molar-refractivity contribution in [2.75, 3.05) is 37.6 Å². The standard InChI is InChI=1S/C15H23N5O3/c1-18-14(4-6-17-18)20-11-12(23-15(20)22)10-16-13(21)5-9-19-7-2-3-8-19/h4,6,12H,2-3,5,7-11H2,1H3,(H,16,21). The van der Waals surface area contributed by atoms with Gasteiger partial charge in [-0.05, 0) is 25.9 Å². The van der Waals surface area contributed by atoms with Gasteiger partial charge in [-0.25, -0.2) is 4.79 Å². The van der Waals surface area contributed by atoms with E-state index in [4.69, 9.17) is 4.74 Å². The van der Waals surface area contributed by atoms with E-state index in [0.29, 0.717) is 25.3 Å². The summed E-state index contributed by atoms with van der Waals surface area (Å²) in [6.07, 6.45) is 3.85. The van der Waals surface area contributed by atoms with Crippen LogP contribution in [0.15, 0.2) is 12.3 Å². The fourth-order valence-corrected chi connectivity index (χ4v) is 3.03. The minimum absolute atomic E-state index is 0.00642. The molecule has 0 spiro atoms. The molecule has 0 aliphatic carbocycles. The second-order valence-corrected chi connectivity index (χ2v) is 6.03. The van der Waals surface area contributed by atoms with Gasteiger partial charge in [0.1, 0.15) is 11.9 Å². The van der Waals surface area contributed by atoms with Crippen LogP contribution in [0.1, 0.15) is 19.3 Å². The highest BCUT2D eigenvalue weighted by Gasteiger charge is 2.33. The van der Waals surface area contributed by atoms with Crippen LogP contribution in [0.25, 0.3) is 0 Å². The molecule has 0 radical (unpaired) electrons. The van der Waals surface area contributed by atoms with Crippen LogP contribution in [-0.4, -0.2) is 65.5 Å². The first-order valence-electron chi connectivity index (χ1n) is 8.08. The summed E-state index contributed by atoms with van der Waals surface area (Å²) in [4.78, 5) is 27.7. The number of aromatic nitrogens is 2. The van der Waals surface area contributed by atoms with Gasteiger partial charge in [0, 0.05) is 26.1 Å². The Morgan fingerprint density at radius 3 is 2.91 bits per heavy atom. The third-order valence-electron chi connectivity index (χ3n) is 4.33. The van der Waals surface area contributed by atoms with Crippen LogP contribution in [0.2, 0.25) is 0 Å². The molecule has 3 rings (SSSR count). The van der Waals surface area contributed by atoms with Crippen molar-refractivity contribution >= 4 is 17.8 Å². The molecular formula is C15H23N5O3. The largest absolute Gasteiger partial charge is 0.442 e. The minimum Gasteiger partial charge on any atom is -0.442 e. The van der Waals surface area contributed by atoms with Crippen molar-refractivity contribution in [3.05, 3.63) is 12.3 Å². The molecule has 2 fully saturated rings. The van der Waals surface area contributed by atoms with E-state index in [1.54, 1.807) is 24.0 Å². The van der Waals surface area contributed by atoms with Crippen molar-refractivity contribution in [3.63, 3.8) is 0 Å². The van der Waals surface area contributed by atoms with E-state index in [9.17, 15) is 9.59 Å². The van der Waals surface area contributed by atoms with Gasteiger partial charge in [0.15, 0.2) is 0 Å². The van der Waals surface area contributed by atoms with Crippen LogP contribution in [-0.2, 0) is 16.6 Å². The number of anilines is 1. The maximum atomic E-state index is 11.9. The molecule has 2 aliphatic rings. The maximum Gasteiger partial charge on any atom is 0.416 e. The molecule has 0 bridgehead atoms. The minimum atomic E-state index is -0.398. The molecule has 2 amide bonds. The van der Waals surface area contributed by atoms with E-state index in [1.165, 1.54) is 17.7 Å². The summed E-state index contributed by atoms with van der Waals surface area (Å²) in [5.74, 6) is 0.699. The Balaban J connectivity index is 1.41. The van der Waals surface area contributed by atoms with Gasteiger partial charge in [-0.1, -0.05) is 0 Å². The number of rotatable bonds is 6. The number of hydrogen-bond donors (Lipinski definition) is 1. The summed E-state index contributed by atoms with van der Waals surface area (Å²) in [5, 5.41) is 6.91. The third kappa shape index (κ3) is 3.82. The maximum absolute atomic E-state index is 11.9. The quantitative estimate of drug-likeness (QED) is 0.818.